The average Bonchev–Trinajstić information content (AvgIpc) is 2.87. The van der Waals surface area contributed by atoms with Crippen molar-refractivity contribution < 1.29 is 9.84 Å². The molecule has 2 saturated heterocycles. The standard InChI is InChI=1S/C8H18N2O.C5H11NO.C2H6/c1-9-3-2-4-10-5-7-11-8-6-10;1-6-3-2-5(7)4-6;1-2/h9H,2-8H2,1H3;5,7H,2-4H2,1H3;1-2H3. The highest BCUT2D eigenvalue weighted by atomic mass is 16.5. The molecule has 5 nitrogen and oxygen atoms in total. The molecule has 2 aliphatic rings. The third-order valence-corrected chi connectivity index (χ3v) is 3.37. The number of rotatable bonds is 4. The van der Waals surface area contributed by atoms with E-state index in [9.17, 15) is 0 Å². The number of likely N-dealkylation sites (tertiary alicyclic amines) is 1. The van der Waals surface area contributed by atoms with Crippen LogP contribution in [0, 0.1) is 0 Å². The molecule has 0 radical (unpaired) electrons. The highest BCUT2D eigenvalue weighted by Crippen LogP contribution is 2.04. The highest BCUT2D eigenvalue weighted by Gasteiger charge is 2.15. The van der Waals surface area contributed by atoms with E-state index >= 15 is 0 Å². The van der Waals surface area contributed by atoms with E-state index in [0.29, 0.717) is 0 Å². The van der Waals surface area contributed by atoms with Crippen molar-refractivity contribution in [3.63, 3.8) is 0 Å². The Morgan fingerprint density at radius 3 is 2.25 bits per heavy atom. The molecule has 0 aromatic heterocycles. The first-order valence-corrected chi connectivity index (χ1v) is 8.03. The van der Waals surface area contributed by atoms with Gasteiger partial charge in [0.15, 0.2) is 0 Å². The van der Waals surface area contributed by atoms with Gasteiger partial charge in [-0.15, -0.1) is 0 Å². The summed E-state index contributed by atoms with van der Waals surface area (Å²) in [5.74, 6) is 0. The van der Waals surface area contributed by atoms with Crippen LogP contribution in [0.3, 0.4) is 0 Å². The van der Waals surface area contributed by atoms with E-state index in [1.807, 2.05) is 27.9 Å². The minimum Gasteiger partial charge on any atom is -0.392 e. The Morgan fingerprint density at radius 2 is 1.85 bits per heavy atom. The molecule has 0 amide bonds. The molecule has 20 heavy (non-hydrogen) atoms. The normalized spacial score (nSPS) is 23.6. The maximum Gasteiger partial charge on any atom is 0.0679 e. The minimum atomic E-state index is -0.0509. The SMILES string of the molecule is CC.CN1CCC(O)C1.CNCCCN1CCOCC1. The van der Waals surface area contributed by atoms with E-state index in [1.165, 1.54) is 13.0 Å². The minimum absolute atomic E-state index is 0.0509. The Balaban J connectivity index is 0.000000345. The topological polar surface area (TPSA) is 48.0 Å². The van der Waals surface area contributed by atoms with Crippen LogP contribution in [0.2, 0.25) is 0 Å². The molecule has 0 aromatic rings. The number of nitrogens with zero attached hydrogens (tertiary/aromatic N) is 2. The van der Waals surface area contributed by atoms with Crippen molar-refractivity contribution in [3.05, 3.63) is 0 Å². The molecule has 2 aliphatic heterocycles. The Hall–Kier alpha value is -0.200. The van der Waals surface area contributed by atoms with Gasteiger partial charge < -0.3 is 20.1 Å². The fourth-order valence-electron chi connectivity index (χ4n) is 2.22. The zero-order valence-corrected chi connectivity index (χ0v) is 13.9. The second-order valence-electron chi connectivity index (χ2n) is 5.12. The molecule has 0 aliphatic carbocycles. The van der Waals surface area contributed by atoms with Crippen LogP contribution in [0.25, 0.3) is 0 Å². The lowest BCUT2D eigenvalue weighted by Crippen LogP contribution is -2.37. The molecule has 0 spiro atoms. The lowest BCUT2D eigenvalue weighted by molar-refractivity contribution is 0.0375. The molecule has 5 heteroatoms. The first-order valence-electron chi connectivity index (χ1n) is 8.03. The van der Waals surface area contributed by atoms with E-state index in [0.717, 1.165) is 52.4 Å². The van der Waals surface area contributed by atoms with Crippen molar-refractivity contribution in [1.82, 2.24) is 15.1 Å². The van der Waals surface area contributed by atoms with Gasteiger partial charge in [0.25, 0.3) is 0 Å². The number of β-amino-alcohol motifs (C(OH)–C–C–N with tert-alkyl or cyclic N) is 1. The molecule has 122 valence electrons. The van der Waals surface area contributed by atoms with E-state index in [2.05, 4.69) is 15.1 Å². The molecule has 0 saturated carbocycles. The summed E-state index contributed by atoms with van der Waals surface area (Å²) in [5, 5.41) is 12.0. The van der Waals surface area contributed by atoms with Crippen molar-refractivity contribution in [3.8, 4) is 0 Å². The lowest BCUT2D eigenvalue weighted by atomic mass is 10.3. The number of ether oxygens (including phenoxy) is 1. The second kappa shape index (κ2) is 13.8. The highest BCUT2D eigenvalue weighted by molar-refractivity contribution is 4.70. The fourth-order valence-corrected chi connectivity index (χ4v) is 2.22. The van der Waals surface area contributed by atoms with Gasteiger partial charge in [-0.2, -0.15) is 0 Å². The van der Waals surface area contributed by atoms with Gasteiger partial charge in [0.1, 0.15) is 0 Å². The van der Waals surface area contributed by atoms with Gasteiger partial charge in [-0.05, 0) is 40.0 Å². The number of nitrogens with one attached hydrogen (secondary N) is 1. The summed E-state index contributed by atoms with van der Waals surface area (Å²) in [7, 11) is 4.02. The van der Waals surface area contributed by atoms with E-state index < -0.39 is 0 Å². The molecular weight excluding hydrogens is 254 g/mol. The molecule has 2 N–H and O–H groups in total. The van der Waals surface area contributed by atoms with Crippen LogP contribution in [0.15, 0.2) is 0 Å². The molecule has 0 bridgehead atoms. The average molecular weight is 289 g/mol. The maximum atomic E-state index is 8.86. The predicted molar refractivity (Wildman–Crippen MR) is 85.3 cm³/mol. The summed E-state index contributed by atoms with van der Waals surface area (Å²) in [4.78, 5) is 4.59. The van der Waals surface area contributed by atoms with Gasteiger partial charge in [0, 0.05) is 26.2 Å². The summed E-state index contributed by atoms with van der Waals surface area (Å²) in [5.41, 5.74) is 0. The predicted octanol–water partition coefficient (Wildman–Crippen LogP) is 0.637. The van der Waals surface area contributed by atoms with Gasteiger partial charge in [-0.25, -0.2) is 0 Å². The first-order chi connectivity index (χ1) is 9.72. The Bertz CT molecular complexity index is 192. The second-order valence-corrected chi connectivity index (χ2v) is 5.12. The van der Waals surface area contributed by atoms with E-state index in [-0.39, 0.29) is 6.10 Å². The van der Waals surface area contributed by atoms with Crippen LogP contribution in [0.1, 0.15) is 26.7 Å². The quantitative estimate of drug-likeness (QED) is 0.744. The van der Waals surface area contributed by atoms with Gasteiger partial charge in [0.05, 0.1) is 19.3 Å². The van der Waals surface area contributed by atoms with E-state index in [1.54, 1.807) is 0 Å². The zero-order chi connectivity index (χ0) is 15.2. The molecule has 2 fully saturated rings. The molecule has 0 aromatic carbocycles. The summed E-state index contributed by atoms with van der Waals surface area (Å²) >= 11 is 0. The van der Waals surface area contributed by atoms with Crippen molar-refractivity contribution >= 4 is 0 Å². The van der Waals surface area contributed by atoms with Gasteiger partial charge in [-0.1, -0.05) is 13.8 Å². The number of aliphatic hydroxyl groups excluding tert-OH is 1. The summed E-state index contributed by atoms with van der Waals surface area (Å²) in [6, 6.07) is 0. The number of hydrogen-bond acceptors (Lipinski definition) is 5. The van der Waals surface area contributed by atoms with Crippen LogP contribution in [-0.4, -0.2) is 87.6 Å². The summed E-state index contributed by atoms with van der Waals surface area (Å²) in [6.45, 7) is 12.3. The monoisotopic (exact) mass is 289 g/mol. The molecular formula is C15H35N3O2. The van der Waals surface area contributed by atoms with Gasteiger partial charge >= 0.3 is 0 Å². The zero-order valence-electron chi connectivity index (χ0n) is 13.9. The number of likely N-dealkylation sites (N-methyl/N-ethyl adjacent to an activating group) is 1. The molecule has 1 unspecified atom stereocenters. The van der Waals surface area contributed by atoms with Gasteiger partial charge in [0.2, 0.25) is 0 Å². The van der Waals surface area contributed by atoms with Crippen molar-refractivity contribution in [2.45, 2.75) is 32.8 Å². The van der Waals surface area contributed by atoms with E-state index in [4.69, 9.17) is 9.84 Å². The Morgan fingerprint density at radius 1 is 1.20 bits per heavy atom. The summed E-state index contributed by atoms with van der Waals surface area (Å²) < 4.78 is 5.25. The largest absolute Gasteiger partial charge is 0.392 e. The molecule has 2 heterocycles. The smallest absolute Gasteiger partial charge is 0.0679 e. The molecule has 1 atom stereocenters. The van der Waals surface area contributed by atoms with Crippen LogP contribution in [0.5, 0.6) is 0 Å². The Labute approximate surface area is 125 Å². The fraction of sp³-hybridized carbons (Fsp3) is 1.00. The van der Waals surface area contributed by atoms with Crippen molar-refractivity contribution in [1.29, 1.82) is 0 Å². The van der Waals surface area contributed by atoms with Crippen LogP contribution in [-0.2, 0) is 4.74 Å². The summed E-state index contributed by atoms with van der Waals surface area (Å²) in [6.07, 6.45) is 2.15. The van der Waals surface area contributed by atoms with Gasteiger partial charge in [-0.3, -0.25) is 4.90 Å². The third kappa shape index (κ3) is 10.6. The van der Waals surface area contributed by atoms with Crippen LogP contribution < -0.4 is 5.32 Å². The lowest BCUT2D eigenvalue weighted by Gasteiger charge is -2.26. The van der Waals surface area contributed by atoms with Crippen molar-refractivity contribution in [2.75, 3.05) is 66.6 Å². The van der Waals surface area contributed by atoms with Crippen LogP contribution in [0.4, 0.5) is 0 Å². The number of hydrogen-bond donors (Lipinski definition) is 2. The van der Waals surface area contributed by atoms with Crippen LogP contribution >= 0.6 is 0 Å². The first kappa shape index (κ1) is 19.8. The maximum absolute atomic E-state index is 8.86. The molecule has 2 rings (SSSR count). The number of morpholine rings is 1. The Kier molecular flexibility index (Phi) is 13.6. The van der Waals surface area contributed by atoms with Crippen molar-refractivity contribution in [2.24, 2.45) is 0 Å². The third-order valence-electron chi connectivity index (χ3n) is 3.37. The number of aliphatic hydroxyl groups is 1.